The Morgan fingerprint density at radius 2 is 1.24 bits per heavy atom. The van der Waals surface area contributed by atoms with Crippen molar-refractivity contribution in [2.45, 2.75) is 58.3 Å². The van der Waals surface area contributed by atoms with Gasteiger partial charge in [-0.1, -0.05) is 82.1 Å². The molecule has 2 aromatic carbocycles. The van der Waals surface area contributed by atoms with E-state index in [4.69, 9.17) is 11.2 Å². The molecule has 0 saturated carbocycles. The van der Waals surface area contributed by atoms with E-state index < -0.39 is 0 Å². The van der Waals surface area contributed by atoms with Gasteiger partial charge in [0.05, 0.1) is 6.61 Å². The van der Waals surface area contributed by atoms with Crippen molar-refractivity contribution in [1.82, 2.24) is 0 Å². The van der Waals surface area contributed by atoms with Gasteiger partial charge in [0.25, 0.3) is 0 Å². The highest BCUT2D eigenvalue weighted by atomic mass is 16.5. The van der Waals surface area contributed by atoms with Crippen LogP contribution in [0.3, 0.4) is 0 Å². The smallest absolute Gasteiger partial charge is 0.119 e. The van der Waals surface area contributed by atoms with Crippen LogP contribution in [0.25, 0.3) is 11.1 Å². The van der Waals surface area contributed by atoms with Crippen LogP contribution in [0.15, 0.2) is 48.5 Å². The molecule has 0 spiro atoms. The van der Waals surface area contributed by atoms with Gasteiger partial charge in [0, 0.05) is 5.56 Å². The third-order valence-corrected chi connectivity index (χ3v) is 4.51. The minimum Gasteiger partial charge on any atom is -0.494 e. The number of unbranched alkanes of at least 4 members (excludes halogenated alkanes) is 7. The average molecular weight is 335 g/mol. The monoisotopic (exact) mass is 334 g/mol. The highest BCUT2D eigenvalue weighted by Crippen LogP contribution is 2.23. The molecule has 0 aliphatic heterocycles. The number of hydrogen-bond donors (Lipinski definition) is 0. The summed E-state index contributed by atoms with van der Waals surface area (Å²) in [6, 6.07) is 16.4. The lowest BCUT2D eigenvalue weighted by Crippen LogP contribution is -1.97. The lowest BCUT2D eigenvalue weighted by atomic mass is 10.0. The lowest BCUT2D eigenvalue weighted by Gasteiger charge is -2.08. The van der Waals surface area contributed by atoms with Crippen molar-refractivity contribution >= 4 is 0 Å². The summed E-state index contributed by atoms with van der Waals surface area (Å²) < 4.78 is 5.85. The molecule has 1 nitrogen and oxygen atoms in total. The van der Waals surface area contributed by atoms with E-state index in [-0.39, 0.29) is 0 Å². The highest BCUT2D eigenvalue weighted by molar-refractivity contribution is 5.65. The molecule has 0 saturated heterocycles. The summed E-state index contributed by atoms with van der Waals surface area (Å²) in [5.74, 6) is 3.60. The summed E-state index contributed by atoms with van der Waals surface area (Å²) in [5.41, 5.74) is 3.27. The predicted octanol–water partition coefficient (Wildman–Crippen LogP) is 6.85. The van der Waals surface area contributed by atoms with Crippen LogP contribution in [0.4, 0.5) is 0 Å². The van der Waals surface area contributed by atoms with Gasteiger partial charge in [-0.15, -0.1) is 6.42 Å². The predicted molar refractivity (Wildman–Crippen MR) is 108 cm³/mol. The number of rotatable bonds is 11. The zero-order chi connectivity index (χ0) is 17.7. The van der Waals surface area contributed by atoms with Crippen molar-refractivity contribution in [3.63, 3.8) is 0 Å². The Bertz CT molecular complexity index is 631. The Kier molecular flexibility index (Phi) is 8.70. The molecule has 0 heterocycles. The van der Waals surface area contributed by atoms with Crippen molar-refractivity contribution in [3.8, 4) is 29.2 Å². The maximum absolute atomic E-state index is 5.85. The summed E-state index contributed by atoms with van der Waals surface area (Å²) in [6.45, 7) is 3.07. The van der Waals surface area contributed by atoms with Gasteiger partial charge in [-0.05, 0) is 41.8 Å². The van der Waals surface area contributed by atoms with Gasteiger partial charge >= 0.3 is 0 Å². The Morgan fingerprint density at radius 1 is 0.720 bits per heavy atom. The van der Waals surface area contributed by atoms with Gasteiger partial charge in [-0.25, -0.2) is 0 Å². The van der Waals surface area contributed by atoms with Gasteiger partial charge in [-0.3, -0.25) is 0 Å². The molecule has 0 amide bonds. The summed E-state index contributed by atoms with van der Waals surface area (Å²) in [7, 11) is 0. The lowest BCUT2D eigenvalue weighted by molar-refractivity contribution is 0.304. The van der Waals surface area contributed by atoms with Gasteiger partial charge in [0.15, 0.2) is 0 Å². The Labute approximate surface area is 153 Å². The fourth-order valence-corrected chi connectivity index (χ4v) is 2.93. The molecule has 25 heavy (non-hydrogen) atoms. The molecule has 0 aliphatic carbocycles. The number of hydrogen-bond acceptors (Lipinski definition) is 1. The fourth-order valence-electron chi connectivity index (χ4n) is 2.93. The second kappa shape index (κ2) is 11.4. The third-order valence-electron chi connectivity index (χ3n) is 4.51. The third kappa shape index (κ3) is 7.06. The summed E-state index contributed by atoms with van der Waals surface area (Å²) in [6.07, 6.45) is 16.0. The molecule has 0 atom stereocenters. The molecule has 0 unspecified atom stereocenters. The number of benzene rings is 2. The summed E-state index contributed by atoms with van der Waals surface area (Å²) in [5, 5.41) is 0. The molecule has 0 bridgehead atoms. The fraction of sp³-hybridized carbons (Fsp3) is 0.417. The first kappa shape index (κ1) is 19.1. The van der Waals surface area contributed by atoms with Crippen LogP contribution in [0, 0.1) is 12.3 Å². The van der Waals surface area contributed by atoms with Gasteiger partial charge in [0.1, 0.15) is 5.75 Å². The van der Waals surface area contributed by atoms with Crippen LogP contribution in [0.1, 0.15) is 63.9 Å². The van der Waals surface area contributed by atoms with Crippen molar-refractivity contribution in [1.29, 1.82) is 0 Å². The molecule has 0 aromatic heterocycles. The van der Waals surface area contributed by atoms with Crippen molar-refractivity contribution in [2.24, 2.45) is 0 Å². The Hall–Kier alpha value is -2.20. The van der Waals surface area contributed by atoms with Gasteiger partial charge in [-0.2, -0.15) is 0 Å². The molecule has 132 valence electrons. The quantitative estimate of drug-likeness (QED) is 0.322. The van der Waals surface area contributed by atoms with E-state index >= 15 is 0 Å². The first-order valence-electron chi connectivity index (χ1n) is 9.63. The van der Waals surface area contributed by atoms with E-state index in [0.717, 1.165) is 24.3 Å². The zero-order valence-corrected chi connectivity index (χ0v) is 15.5. The maximum Gasteiger partial charge on any atom is 0.119 e. The molecular formula is C24H30O. The minimum atomic E-state index is 0.811. The molecule has 0 N–H and O–H groups in total. The van der Waals surface area contributed by atoms with Crippen LogP contribution in [0.2, 0.25) is 0 Å². The molecule has 0 aliphatic rings. The second-order valence-corrected chi connectivity index (χ2v) is 6.57. The SMILES string of the molecule is C#Cc1ccc(-c2ccc(OCCCCCCCCCC)cc2)cc1. The van der Waals surface area contributed by atoms with E-state index in [1.54, 1.807) is 0 Å². The van der Waals surface area contributed by atoms with Gasteiger partial charge in [0.2, 0.25) is 0 Å². The first-order chi connectivity index (χ1) is 12.3. The second-order valence-electron chi connectivity index (χ2n) is 6.57. The van der Waals surface area contributed by atoms with Crippen LogP contribution in [-0.2, 0) is 0 Å². The number of terminal acetylenes is 1. The number of ether oxygens (including phenoxy) is 1. The molecule has 2 rings (SSSR count). The topological polar surface area (TPSA) is 9.23 Å². The molecular weight excluding hydrogens is 304 g/mol. The highest BCUT2D eigenvalue weighted by Gasteiger charge is 1.99. The van der Waals surface area contributed by atoms with Gasteiger partial charge < -0.3 is 4.74 Å². The maximum atomic E-state index is 5.85. The molecule has 0 fully saturated rings. The zero-order valence-electron chi connectivity index (χ0n) is 15.5. The largest absolute Gasteiger partial charge is 0.494 e. The Morgan fingerprint density at radius 3 is 1.80 bits per heavy atom. The molecule has 2 aromatic rings. The van der Waals surface area contributed by atoms with E-state index in [1.807, 2.05) is 12.1 Å². The van der Waals surface area contributed by atoms with Crippen molar-refractivity contribution in [3.05, 3.63) is 54.1 Å². The van der Waals surface area contributed by atoms with Crippen molar-refractivity contribution < 1.29 is 4.74 Å². The van der Waals surface area contributed by atoms with E-state index in [2.05, 4.69) is 49.2 Å². The summed E-state index contributed by atoms with van der Waals surface area (Å²) in [4.78, 5) is 0. The van der Waals surface area contributed by atoms with E-state index in [0.29, 0.717) is 0 Å². The van der Waals surface area contributed by atoms with Crippen LogP contribution >= 0.6 is 0 Å². The van der Waals surface area contributed by atoms with E-state index in [1.165, 1.54) is 56.1 Å². The Balaban J connectivity index is 1.66. The standard InChI is InChI=1S/C24H30O/c1-3-5-6-7-8-9-10-11-20-25-24-18-16-23(17-19-24)22-14-12-21(4-2)13-15-22/h2,12-19H,3,5-11,20H2,1H3. The van der Waals surface area contributed by atoms with Crippen LogP contribution < -0.4 is 4.74 Å². The average Bonchev–Trinajstić information content (AvgIpc) is 2.67. The first-order valence-corrected chi connectivity index (χ1v) is 9.63. The molecule has 1 heteroatoms. The summed E-state index contributed by atoms with van der Waals surface area (Å²) >= 11 is 0. The van der Waals surface area contributed by atoms with Crippen LogP contribution in [0.5, 0.6) is 5.75 Å². The molecule has 0 radical (unpaired) electrons. The normalized spacial score (nSPS) is 10.4. The minimum absolute atomic E-state index is 0.811. The van der Waals surface area contributed by atoms with Crippen molar-refractivity contribution in [2.75, 3.05) is 6.61 Å². The van der Waals surface area contributed by atoms with Crippen LogP contribution in [-0.4, -0.2) is 6.61 Å². The van der Waals surface area contributed by atoms with E-state index in [9.17, 15) is 0 Å².